The fourth-order valence-corrected chi connectivity index (χ4v) is 2.78. The second-order valence-corrected chi connectivity index (χ2v) is 5.69. The molecule has 0 radical (unpaired) electrons. The predicted molar refractivity (Wildman–Crippen MR) is 84.4 cm³/mol. The van der Waals surface area contributed by atoms with Gasteiger partial charge in [-0.15, -0.1) is 0 Å². The van der Waals surface area contributed by atoms with E-state index in [1.807, 2.05) is 25.1 Å². The highest BCUT2D eigenvalue weighted by atomic mass is 16.4. The number of hydrogen-bond acceptors (Lipinski definition) is 4. The Balaban J connectivity index is 1.93. The summed E-state index contributed by atoms with van der Waals surface area (Å²) in [6.45, 7) is 3.90. The molecule has 5 nitrogen and oxygen atoms in total. The number of nitrogens with zero attached hydrogens (tertiary/aromatic N) is 3. The zero-order valence-electron chi connectivity index (χ0n) is 12.6. The summed E-state index contributed by atoms with van der Waals surface area (Å²) in [4.78, 5) is 22.2. The highest BCUT2D eigenvalue weighted by Gasteiger charge is 2.18. The Morgan fingerprint density at radius 1 is 1.23 bits per heavy atom. The lowest BCUT2D eigenvalue weighted by atomic mass is 10.1. The maximum Gasteiger partial charge on any atom is 0.354 e. The number of aromatic carboxylic acids is 1. The molecule has 0 bridgehead atoms. The third-order valence-electron chi connectivity index (χ3n) is 3.85. The minimum absolute atomic E-state index is 0.0690. The van der Waals surface area contributed by atoms with Crippen LogP contribution in [0.25, 0.3) is 0 Å². The first-order valence-electron chi connectivity index (χ1n) is 7.53. The van der Waals surface area contributed by atoms with Crippen LogP contribution in [-0.4, -0.2) is 34.1 Å². The molecule has 1 aliphatic heterocycles. The molecular formula is C17H19N3O2. The van der Waals surface area contributed by atoms with E-state index in [1.165, 1.54) is 5.56 Å². The van der Waals surface area contributed by atoms with Gasteiger partial charge in [-0.2, -0.15) is 0 Å². The summed E-state index contributed by atoms with van der Waals surface area (Å²) in [7, 11) is 0. The van der Waals surface area contributed by atoms with Crippen molar-refractivity contribution in [2.75, 3.05) is 18.0 Å². The number of anilines is 1. The zero-order valence-corrected chi connectivity index (χ0v) is 12.6. The van der Waals surface area contributed by atoms with Crippen LogP contribution >= 0.6 is 0 Å². The largest absolute Gasteiger partial charge is 0.477 e. The SMILES string of the molecule is Cc1cccc(Cc2nc(C(=O)O)cc(N3CCCC3)n2)c1. The minimum atomic E-state index is -1.01. The number of aromatic nitrogens is 2. The van der Waals surface area contributed by atoms with Gasteiger partial charge in [0.2, 0.25) is 0 Å². The van der Waals surface area contributed by atoms with E-state index >= 15 is 0 Å². The topological polar surface area (TPSA) is 66.3 Å². The van der Waals surface area contributed by atoms with Crippen LogP contribution in [0.15, 0.2) is 30.3 Å². The minimum Gasteiger partial charge on any atom is -0.477 e. The van der Waals surface area contributed by atoms with Crippen LogP contribution < -0.4 is 4.90 Å². The van der Waals surface area contributed by atoms with E-state index < -0.39 is 5.97 Å². The van der Waals surface area contributed by atoms with Gasteiger partial charge in [0.1, 0.15) is 11.6 Å². The second-order valence-electron chi connectivity index (χ2n) is 5.69. The monoisotopic (exact) mass is 297 g/mol. The lowest BCUT2D eigenvalue weighted by Gasteiger charge is -2.17. The van der Waals surface area contributed by atoms with E-state index in [4.69, 9.17) is 0 Å². The first kappa shape index (κ1) is 14.5. The van der Waals surface area contributed by atoms with E-state index in [9.17, 15) is 9.90 Å². The van der Waals surface area contributed by atoms with Crippen molar-refractivity contribution in [2.24, 2.45) is 0 Å². The van der Waals surface area contributed by atoms with Crippen LogP contribution in [-0.2, 0) is 6.42 Å². The van der Waals surface area contributed by atoms with Gasteiger partial charge in [-0.05, 0) is 25.3 Å². The molecule has 1 aliphatic rings. The molecule has 5 heteroatoms. The van der Waals surface area contributed by atoms with E-state index in [2.05, 4.69) is 20.9 Å². The van der Waals surface area contributed by atoms with E-state index in [-0.39, 0.29) is 5.69 Å². The first-order valence-corrected chi connectivity index (χ1v) is 7.53. The van der Waals surface area contributed by atoms with Crippen molar-refractivity contribution in [1.82, 2.24) is 9.97 Å². The van der Waals surface area contributed by atoms with Crippen LogP contribution in [0.2, 0.25) is 0 Å². The highest BCUT2D eigenvalue weighted by molar-refractivity contribution is 5.86. The van der Waals surface area contributed by atoms with Gasteiger partial charge >= 0.3 is 5.97 Å². The maximum absolute atomic E-state index is 11.3. The molecule has 0 aliphatic carbocycles. The Bertz CT molecular complexity index is 694. The van der Waals surface area contributed by atoms with Gasteiger partial charge in [-0.25, -0.2) is 14.8 Å². The molecule has 22 heavy (non-hydrogen) atoms. The summed E-state index contributed by atoms with van der Waals surface area (Å²) in [6, 6.07) is 9.69. The van der Waals surface area contributed by atoms with Crippen molar-refractivity contribution in [1.29, 1.82) is 0 Å². The van der Waals surface area contributed by atoms with Gasteiger partial charge in [0.05, 0.1) is 0 Å². The number of benzene rings is 1. The van der Waals surface area contributed by atoms with Crippen molar-refractivity contribution in [3.63, 3.8) is 0 Å². The average Bonchev–Trinajstić information content (AvgIpc) is 3.01. The summed E-state index contributed by atoms with van der Waals surface area (Å²) in [6.07, 6.45) is 2.79. The zero-order chi connectivity index (χ0) is 15.5. The molecule has 1 aromatic heterocycles. The van der Waals surface area contributed by atoms with Gasteiger partial charge in [0, 0.05) is 25.6 Å². The number of hydrogen-bond donors (Lipinski definition) is 1. The van der Waals surface area contributed by atoms with Crippen molar-refractivity contribution < 1.29 is 9.90 Å². The molecule has 1 aromatic carbocycles. The van der Waals surface area contributed by atoms with Crippen molar-refractivity contribution in [2.45, 2.75) is 26.2 Å². The maximum atomic E-state index is 11.3. The molecule has 0 atom stereocenters. The summed E-state index contributed by atoms with van der Waals surface area (Å²) in [5.41, 5.74) is 2.33. The fourth-order valence-electron chi connectivity index (χ4n) is 2.78. The molecule has 114 valence electrons. The van der Waals surface area contributed by atoms with Crippen molar-refractivity contribution in [3.05, 3.63) is 53.0 Å². The van der Waals surface area contributed by atoms with Crippen LogP contribution in [0.5, 0.6) is 0 Å². The van der Waals surface area contributed by atoms with E-state index in [0.717, 1.165) is 37.3 Å². The smallest absolute Gasteiger partial charge is 0.354 e. The first-order chi connectivity index (χ1) is 10.6. The van der Waals surface area contributed by atoms with Crippen LogP contribution in [0.4, 0.5) is 5.82 Å². The molecule has 2 heterocycles. The fraction of sp³-hybridized carbons (Fsp3) is 0.353. The molecule has 3 rings (SSSR count). The molecular weight excluding hydrogens is 278 g/mol. The molecule has 1 saturated heterocycles. The van der Waals surface area contributed by atoms with Gasteiger partial charge in [0.25, 0.3) is 0 Å². The summed E-state index contributed by atoms with van der Waals surface area (Å²) in [5.74, 6) is 0.285. The Kier molecular flexibility index (Phi) is 4.04. The number of carboxylic acids is 1. The summed E-state index contributed by atoms with van der Waals surface area (Å²) >= 11 is 0. The van der Waals surface area contributed by atoms with Crippen LogP contribution in [0.3, 0.4) is 0 Å². The Morgan fingerprint density at radius 3 is 2.68 bits per heavy atom. The highest BCUT2D eigenvalue weighted by Crippen LogP contribution is 2.20. The van der Waals surface area contributed by atoms with Gasteiger partial charge in [-0.3, -0.25) is 0 Å². The second kappa shape index (κ2) is 6.13. The van der Waals surface area contributed by atoms with Gasteiger partial charge in [-0.1, -0.05) is 29.8 Å². The third-order valence-corrected chi connectivity index (χ3v) is 3.85. The van der Waals surface area contributed by atoms with Gasteiger partial charge in [0.15, 0.2) is 5.69 Å². The van der Waals surface area contributed by atoms with E-state index in [1.54, 1.807) is 6.07 Å². The normalized spacial score (nSPS) is 14.3. The van der Waals surface area contributed by atoms with Crippen LogP contribution in [0, 0.1) is 6.92 Å². The molecule has 0 amide bonds. The third kappa shape index (κ3) is 3.24. The predicted octanol–water partition coefficient (Wildman–Crippen LogP) is 2.67. The lowest BCUT2D eigenvalue weighted by molar-refractivity contribution is 0.0690. The van der Waals surface area contributed by atoms with Crippen LogP contribution in [0.1, 0.15) is 40.3 Å². The average molecular weight is 297 g/mol. The molecule has 0 spiro atoms. The Labute approximate surface area is 129 Å². The molecule has 1 N–H and O–H groups in total. The molecule has 0 saturated carbocycles. The number of carboxylic acid groups (broad SMARTS) is 1. The number of aryl methyl sites for hydroxylation is 1. The van der Waals surface area contributed by atoms with Crippen molar-refractivity contribution in [3.8, 4) is 0 Å². The number of rotatable bonds is 4. The molecule has 0 unspecified atom stereocenters. The standard InChI is InChI=1S/C17H19N3O2/c1-12-5-4-6-13(9-12)10-15-18-14(17(21)22)11-16(19-15)20-7-2-3-8-20/h4-6,9,11H,2-3,7-8,10H2,1H3,(H,21,22). The molecule has 1 fully saturated rings. The van der Waals surface area contributed by atoms with Crippen molar-refractivity contribution >= 4 is 11.8 Å². The summed E-state index contributed by atoms with van der Waals surface area (Å²) < 4.78 is 0. The lowest BCUT2D eigenvalue weighted by Crippen LogP contribution is -2.21. The Hall–Kier alpha value is -2.43. The summed E-state index contributed by atoms with van der Waals surface area (Å²) in [5, 5.41) is 9.28. The quantitative estimate of drug-likeness (QED) is 0.940. The van der Waals surface area contributed by atoms with Gasteiger partial charge < -0.3 is 10.0 Å². The van der Waals surface area contributed by atoms with E-state index in [0.29, 0.717) is 12.2 Å². The number of carbonyl (C=O) groups is 1. The Morgan fingerprint density at radius 2 is 2.00 bits per heavy atom. The molecule has 2 aromatic rings.